The maximum atomic E-state index is 4.46. The van der Waals surface area contributed by atoms with Gasteiger partial charge < -0.3 is 4.98 Å². The van der Waals surface area contributed by atoms with E-state index in [0.29, 0.717) is 0 Å². The summed E-state index contributed by atoms with van der Waals surface area (Å²) in [5, 5.41) is 5.52. The zero-order valence-electron chi connectivity index (χ0n) is 10.6. The third-order valence-electron chi connectivity index (χ3n) is 3.32. The third-order valence-corrected chi connectivity index (χ3v) is 3.32. The summed E-state index contributed by atoms with van der Waals surface area (Å²) in [5.74, 6) is 0. The van der Waals surface area contributed by atoms with Crippen LogP contribution in [0.2, 0.25) is 0 Å². The van der Waals surface area contributed by atoms with Crippen LogP contribution in [-0.4, -0.2) is 19.7 Å². The quantitative estimate of drug-likeness (QED) is 0.601. The number of H-pyrrole nitrogens is 1. The topological polar surface area (TPSA) is 46.5 Å². The molecule has 0 amide bonds. The van der Waals surface area contributed by atoms with Crippen molar-refractivity contribution in [2.45, 2.75) is 0 Å². The first-order valence-corrected chi connectivity index (χ1v) is 6.35. The lowest BCUT2D eigenvalue weighted by molar-refractivity contribution is 0.886. The summed E-state index contributed by atoms with van der Waals surface area (Å²) in [6, 6.07) is 14.9. The summed E-state index contributed by atoms with van der Waals surface area (Å²) in [6.07, 6.45) is 7.57. The van der Waals surface area contributed by atoms with Gasteiger partial charge in [0.15, 0.2) is 0 Å². The third kappa shape index (κ3) is 1.70. The van der Waals surface area contributed by atoms with E-state index in [0.717, 1.165) is 27.8 Å². The Hall–Kier alpha value is -2.88. The number of nitrogens with zero attached hydrogens (tertiary/aromatic N) is 3. The highest BCUT2D eigenvalue weighted by atomic mass is 15.3. The first kappa shape index (κ1) is 11.0. The van der Waals surface area contributed by atoms with Gasteiger partial charge in [-0.3, -0.25) is 0 Å². The number of aromatic amines is 1. The van der Waals surface area contributed by atoms with Crippen molar-refractivity contribution in [1.29, 1.82) is 0 Å². The van der Waals surface area contributed by atoms with E-state index in [9.17, 15) is 0 Å². The van der Waals surface area contributed by atoms with Crippen LogP contribution in [0.3, 0.4) is 0 Å². The van der Waals surface area contributed by atoms with Gasteiger partial charge in [0.2, 0.25) is 0 Å². The molecule has 0 aliphatic rings. The summed E-state index contributed by atoms with van der Waals surface area (Å²) in [5.41, 5.74) is 4.10. The molecule has 1 radical (unpaired) electrons. The van der Waals surface area contributed by atoms with Gasteiger partial charge in [-0.15, -0.1) is 0 Å². The highest BCUT2D eigenvalue weighted by molar-refractivity contribution is 5.84. The van der Waals surface area contributed by atoms with Crippen molar-refractivity contribution >= 4 is 11.0 Å². The zero-order valence-corrected chi connectivity index (χ0v) is 10.6. The molecule has 0 spiro atoms. The highest BCUT2D eigenvalue weighted by Crippen LogP contribution is 2.23. The fourth-order valence-electron chi connectivity index (χ4n) is 2.33. The van der Waals surface area contributed by atoms with Crippen LogP contribution < -0.4 is 0 Å². The molecule has 1 aromatic carbocycles. The lowest BCUT2D eigenvalue weighted by Gasteiger charge is -2.02. The molecule has 1 N–H and O–H groups in total. The van der Waals surface area contributed by atoms with Gasteiger partial charge in [-0.25, -0.2) is 9.67 Å². The second kappa shape index (κ2) is 4.35. The molecule has 0 atom stereocenters. The monoisotopic (exact) mass is 259 g/mol. The molecule has 0 saturated heterocycles. The maximum Gasteiger partial charge on any atom is 0.139 e. The number of fused-ring (bicyclic) bond motifs is 1. The first-order valence-electron chi connectivity index (χ1n) is 6.35. The van der Waals surface area contributed by atoms with Crippen LogP contribution in [0.15, 0.2) is 61.2 Å². The molecule has 0 aliphatic carbocycles. The van der Waals surface area contributed by atoms with Gasteiger partial charge in [0.1, 0.15) is 5.65 Å². The number of aromatic nitrogens is 4. The van der Waals surface area contributed by atoms with Crippen LogP contribution in [0.1, 0.15) is 0 Å². The van der Waals surface area contributed by atoms with E-state index in [1.54, 1.807) is 6.20 Å². The van der Waals surface area contributed by atoms with Gasteiger partial charge in [0.05, 0.1) is 11.9 Å². The molecule has 0 bridgehead atoms. The van der Waals surface area contributed by atoms with E-state index in [1.807, 2.05) is 59.7 Å². The Balaban J connectivity index is 1.84. The number of pyridine rings is 1. The van der Waals surface area contributed by atoms with Crippen LogP contribution in [0.25, 0.3) is 27.8 Å². The SMILES string of the molecule is [c]1ccc(-c2cnn(-c3ccnc4[nH]ccc34)c2)cc1. The Morgan fingerprint density at radius 3 is 2.85 bits per heavy atom. The predicted octanol–water partition coefficient (Wildman–Crippen LogP) is 3.22. The minimum atomic E-state index is 0.869. The molecule has 20 heavy (non-hydrogen) atoms. The van der Waals surface area contributed by atoms with Gasteiger partial charge in [0.25, 0.3) is 0 Å². The van der Waals surface area contributed by atoms with Crippen molar-refractivity contribution in [3.8, 4) is 16.8 Å². The molecule has 4 heteroatoms. The summed E-state index contributed by atoms with van der Waals surface area (Å²) in [4.78, 5) is 7.40. The number of benzene rings is 1. The van der Waals surface area contributed by atoms with E-state index < -0.39 is 0 Å². The van der Waals surface area contributed by atoms with Gasteiger partial charge in [-0.2, -0.15) is 5.10 Å². The second-order valence-electron chi connectivity index (χ2n) is 4.53. The van der Waals surface area contributed by atoms with Crippen molar-refractivity contribution in [2.24, 2.45) is 0 Å². The highest BCUT2D eigenvalue weighted by Gasteiger charge is 2.07. The molecule has 0 unspecified atom stereocenters. The molecule has 3 heterocycles. The average molecular weight is 259 g/mol. The van der Waals surface area contributed by atoms with Crippen molar-refractivity contribution in [3.05, 3.63) is 67.3 Å². The Morgan fingerprint density at radius 2 is 1.95 bits per heavy atom. The fraction of sp³-hybridized carbons (Fsp3) is 0. The summed E-state index contributed by atoms with van der Waals surface area (Å²) < 4.78 is 1.88. The number of hydrogen-bond donors (Lipinski definition) is 1. The molecule has 3 aromatic heterocycles. The standard InChI is InChI=1S/C16H11N4/c1-2-4-12(5-3-1)13-10-19-20(11-13)15-7-9-18-16-14(15)6-8-17-16/h2-11H,(H,17,18). The smallest absolute Gasteiger partial charge is 0.139 e. The molecule has 4 rings (SSSR count). The van der Waals surface area contributed by atoms with Crippen LogP contribution in [0.5, 0.6) is 0 Å². The first-order chi connectivity index (χ1) is 9.92. The summed E-state index contributed by atoms with van der Waals surface area (Å²) in [6.45, 7) is 0. The second-order valence-corrected chi connectivity index (χ2v) is 4.53. The Kier molecular flexibility index (Phi) is 2.39. The van der Waals surface area contributed by atoms with Crippen LogP contribution in [0, 0.1) is 6.07 Å². The lowest BCUT2D eigenvalue weighted by atomic mass is 10.1. The number of nitrogens with one attached hydrogen (secondary N) is 1. The van der Waals surface area contributed by atoms with E-state index in [-0.39, 0.29) is 0 Å². The van der Waals surface area contributed by atoms with Gasteiger partial charge in [-0.05, 0) is 23.8 Å². The molecule has 95 valence electrons. The number of rotatable bonds is 2. The fourth-order valence-corrected chi connectivity index (χ4v) is 2.33. The molecule has 4 nitrogen and oxygen atoms in total. The number of hydrogen-bond acceptors (Lipinski definition) is 2. The molecular formula is C16H11N4. The van der Waals surface area contributed by atoms with Crippen molar-refractivity contribution in [1.82, 2.24) is 19.7 Å². The molecular weight excluding hydrogens is 248 g/mol. The van der Waals surface area contributed by atoms with Crippen molar-refractivity contribution in [3.63, 3.8) is 0 Å². The van der Waals surface area contributed by atoms with Crippen molar-refractivity contribution < 1.29 is 0 Å². The lowest BCUT2D eigenvalue weighted by Crippen LogP contribution is -1.95. The van der Waals surface area contributed by atoms with Crippen molar-refractivity contribution in [2.75, 3.05) is 0 Å². The van der Waals surface area contributed by atoms with Crippen LogP contribution in [-0.2, 0) is 0 Å². The Bertz CT molecular complexity index is 858. The van der Waals surface area contributed by atoms with E-state index >= 15 is 0 Å². The average Bonchev–Trinajstić information content (AvgIpc) is 3.17. The van der Waals surface area contributed by atoms with Crippen LogP contribution in [0.4, 0.5) is 0 Å². The maximum absolute atomic E-state index is 4.46. The molecule has 0 saturated carbocycles. The van der Waals surface area contributed by atoms with Gasteiger partial charge in [0, 0.05) is 29.5 Å². The minimum absolute atomic E-state index is 0.869. The van der Waals surface area contributed by atoms with E-state index in [1.165, 1.54) is 0 Å². The summed E-state index contributed by atoms with van der Waals surface area (Å²) >= 11 is 0. The Labute approximate surface area is 115 Å². The molecule has 0 fully saturated rings. The van der Waals surface area contributed by atoms with E-state index in [4.69, 9.17) is 0 Å². The van der Waals surface area contributed by atoms with E-state index in [2.05, 4.69) is 21.1 Å². The predicted molar refractivity (Wildman–Crippen MR) is 77.5 cm³/mol. The minimum Gasteiger partial charge on any atom is -0.346 e. The Morgan fingerprint density at radius 1 is 1.05 bits per heavy atom. The normalized spacial score (nSPS) is 11.0. The summed E-state index contributed by atoms with van der Waals surface area (Å²) in [7, 11) is 0. The molecule has 0 aliphatic heterocycles. The van der Waals surface area contributed by atoms with Gasteiger partial charge >= 0.3 is 0 Å². The molecule has 4 aromatic rings. The largest absolute Gasteiger partial charge is 0.346 e. The van der Waals surface area contributed by atoms with Crippen LogP contribution >= 0.6 is 0 Å². The zero-order chi connectivity index (χ0) is 13.4. The van der Waals surface area contributed by atoms with Gasteiger partial charge in [-0.1, -0.05) is 24.3 Å².